The van der Waals surface area contributed by atoms with Crippen molar-refractivity contribution in [1.29, 1.82) is 0 Å². The fraction of sp³-hybridized carbons (Fsp3) is 0.500. The Morgan fingerprint density at radius 3 is 2.96 bits per heavy atom. The van der Waals surface area contributed by atoms with Gasteiger partial charge in [0.15, 0.2) is 0 Å². The van der Waals surface area contributed by atoms with Gasteiger partial charge in [0.1, 0.15) is 0 Å². The highest BCUT2D eigenvalue weighted by molar-refractivity contribution is 8.03. The maximum absolute atomic E-state index is 5.39. The van der Waals surface area contributed by atoms with Gasteiger partial charge in [-0.05, 0) is 37.0 Å². The number of hydrogen-bond donors (Lipinski definition) is 2. The minimum atomic E-state index is 0.876. The van der Waals surface area contributed by atoms with E-state index in [4.69, 9.17) is 4.74 Å². The number of nitrogens with zero attached hydrogens (tertiary/aromatic N) is 1. The van der Waals surface area contributed by atoms with E-state index in [1.54, 1.807) is 0 Å². The monoisotopic (exact) mass is 357 g/mol. The van der Waals surface area contributed by atoms with Crippen molar-refractivity contribution in [2.24, 2.45) is 0 Å². The van der Waals surface area contributed by atoms with Crippen LogP contribution in [0.2, 0.25) is 0 Å². The van der Waals surface area contributed by atoms with Crippen molar-refractivity contribution in [2.45, 2.75) is 30.7 Å². The van der Waals surface area contributed by atoms with E-state index in [2.05, 4.69) is 45.9 Å². The molecule has 2 N–H and O–H groups in total. The number of fused-ring (bicyclic) bond motifs is 2. The Hall–Kier alpha value is -1.27. The van der Waals surface area contributed by atoms with E-state index in [1.807, 2.05) is 11.8 Å². The van der Waals surface area contributed by atoms with Gasteiger partial charge in [-0.1, -0.05) is 30.0 Å². The Morgan fingerprint density at radius 1 is 1.16 bits per heavy atom. The summed E-state index contributed by atoms with van der Waals surface area (Å²) < 4.78 is 5.39. The molecule has 0 amide bonds. The molecule has 4 nitrogen and oxygen atoms in total. The van der Waals surface area contributed by atoms with Crippen LogP contribution in [0.4, 0.5) is 5.69 Å². The van der Waals surface area contributed by atoms with Gasteiger partial charge in [0.25, 0.3) is 0 Å². The van der Waals surface area contributed by atoms with Crippen molar-refractivity contribution in [3.05, 3.63) is 46.5 Å². The molecule has 0 unspecified atom stereocenters. The third-order valence-corrected chi connectivity index (χ3v) is 6.09. The van der Waals surface area contributed by atoms with Crippen LogP contribution in [0.15, 0.2) is 45.8 Å². The standard InChI is InChI=1S/C20H27N3OS/c1-2-4-17-19(5-3-1)25-20-14-16(6-7-18(20)22-17)15-21-8-9-23-10-12-24-13-11-23/h4-7,14,21-22H,1-3,8-13,15H2. The summed E-state index contributed by atoms with van der Waals surface area (Å²) >= 11 is 1.91. The molecular weight excluding hydrogens is 330 g/mol. The summed E-state index contributed by atoms with van der Waals surface area (Å²) in [5.41, 5.74) is 3.90. The zero-order chi connectivity index (χ0) is 16.9. The molecule has 0 aromatic heterocycles. The molecule has 0 radical (unpaired) electrons. The quantitative estimate of drug-likeness (QED) is 0.788. The molecule has 0 atom stereocenters. The second kappa shape index (κ2) is 8.41. The first-order chi connectivity index (χ1) is 12.4. The van der Waals surface area contributed by atoms with Crippen LogP contribution in [-0.4, -0.2) is 44.3 Å². The lowest BCUT2D eigenvalue weighted by atomic mass is 10.2. The van der Waals surface area contributed by atoms with Gasteiger partial charge in [0, 0.05) is 48.2 Å². The van der Waals surface area contributed by atoms with Gasteiger partial charge in [0.2, 0.25) is 0 Å². The van der Waals surface area contributed by atoms with Crippen molar-refractivity contribution >= 4 is 17.4 Å². The fourth-order valence-electron chi connectivity index (χ4n) is 3.44. The maximum Gasteiger partial charge on any atom is 0.0594 e. The maximum atomic E-state index is 5.39. The van der Waals surface area contributed by atoms with Crippen molar-refractivity contribution in [1.82, 2.24) is 10.2 Å². The van der Waals surface area contributed by atoms with Crippen LogP contribution in [0.25, 0.3) is 0 Å². The summed E-state index contributed by atoms with van der Waals surface area (Å²) in [6.07, 6.45) is 8.33. The number of rotatable bonds is 5. The van der Waals surface area contributed by atoms with Crippen LogP contribution in [-0.2, 0) is 11.3 Å². The minimum absolute atomic E-state index is 0.876. The van der Waals surface area contributed by atoms with Crippen LogP contribution in [0.5, 0.6) is 0 Å². The summed E-state index contributed by atoms with van der Waals surface area (Å²) in [6, 6.07) is 6.79. The molecule has 3 aliphatic rings. The van der Waals surface area contributed by atoms with E-state index in [0.717, 1.165) is 45.9 Å². The molecule has 1 fully saturated rings. The highest BCUT2D eigenvalue weighted by atomic mass is 32.2. The van der Waals surface area contributed by atoms with E-state index >= 15 is 0 Å². The van der Waals surface area contributed by atoms with E-state index < -0.39 is 0 Å². The van der Waals surface area contributed by atoms with E-state index in [9.17, 15) is 0 Å². The Kier molecular flexibility index (Phi) is 5.77. The van der Waals surface area contributed by atoms with Gasteiger partial charge in [0.05, 0.1) is 18.9 Å². The SMILES string of the molecule is C1=C2Nc3ccc(CNCCN4CCOCC4)cc3SC2=CCCC1. The summed E-state index contributed by atoms with van der Waals surface area (Å²) in [7, 11) is 0. The summed E-state index contributed by atoms with van der Waals surface area (Å²) in [4.78, 5) is 5.20. The van der Waals surface area contributed by atoms with Crippen molar-refractivity contribution in [3.8, 4) is 0 Å². The number of hydrogen-bond acceptors (Lipinski definition) is 5. The van der Waals surface area contributed by atoms with Crippen LogP contribution >= 0.6 is 11.8 Å². The molecule has 134 valence electrons. The highest BCUT2D eigenvalue weighted by Crippen LogP contribution is 2.43. The molecule has 4 rings (SSSR count). The number of morpholine rings is 1. The van der Waals surface area contributed by atoms with Crippen molar-refractivity contribution < 1.29 is 4.74 Å². The fourth-order valence-corrected chi connectivity index (χ4v) is 4.56. The normalized spacial score (nSPS) is 20.6. The molecule has 2 aliphatic heterocycles. The van der Waals surface area contributed by atoms with Crippen LogP contribution in [0.1, 0.15) is 24.8 Å². The van der Waals surface area contributed by atoms with E-state index in [1.165, 1.54) is 46.0 Å². The zero-order valence-corrected chi connectivity index (χ0v) is 15.5. The van der Waals surface area contributed by atoms with Gasteiger partial charge in [-0.2, -0.15) is 0 Å². The van der Waals surface area contributed by atoms with Gasteiger partial charge in [-0.3, -0.25) is 4.90 Å². The number of ether oxygens (including phenoxy) is 1. The molecule has 0 saturated carbocycles. The summed E-state index contributed by atoms with van der Waals surface area (Å²) in [5.74, 6) is 0. The first kappa shape index (κ1) is 17.2. The van der Waals surface area contributed by atoms with Crippen LogP contribution < -0.4 is 10.6 Å². The molecule has 5 heteroatoms. The largest absolute Gasteiger partial charge is 0.379 e. The number of anilines is 1. The number of allylic oxidation sites excluding steroid dienone is 2. The summed E-state index contributed by atoms with van der Waals surface area (Å²) in [5, 5.41) is 7.19. The molecule has 0 bridgehead atoms. The van der Waals surface area contributed by atoms with Gasteiger partial charge < -0.3 is 15.4 Å². The highest BCUT2D eigenvalue weighted by Gasteiger charge is 2.19. The molecule has 25 heavy (non-hydrogen) atoms. The van der Waals surface area contributed by atoms with Crippen LogP contribution in [0, 0.1) is 0 Å². The van der Waals surface area contributed by atoms with Gasteiger partial charge >= 0.3 is 0 Å². The zero-order valence-electron chi connectivity index (χ0n) is 14.7. The predicted octanol–water partition coefficient (Wildman–Crippen LogP) is 3.58. The first-order valence-corrected chi connectivity index (χ1v) is 10.2. The molecule has 0 spiro atoms. The Labute approximate surface area is 154 Å². The molecule has 1 aromatic carbocycles. The Bertz CT molecular complexity index is 665. The second-order valence-electron chi connectivity index (χ2n) is 6.81. The Morgan fingerprint density at radius 2 is 2.04 bits per heavy atom. The van der Waals surface area contributed by atoms with E-state index in [0.29, 0.717) is 0 Å². The lowest BCUT2D eigenvalue weighted by Crippen LogP contribution is -2.40. The van der Waals surface area contributed by atoms with Crippen LogP contribution in [0.3, 0.4) is 0 Å². The molecular formula is C20H27N3OS. The third-order valence-electron chi connectivity index (χ3n) is 4.92. The lowest BCUT2D eigenvalue weighted by molar-refractivity contribution is 0.0384. The Balaban J connectivity index is 1.32. The minimum Gasteiger partial charge on any atom is -0.379 e. The van der Waals surface area contributed by atoms with Gasteiger partial charge in [-0.15, -0.1) is 0 Å². The number of benzene rings is 1. The average molecular weight is 358 g/mol. The third kappa shape index (κ3) is 4.47. The first-order valence-electron chi connectivity index (χ1n) is 9.38. The molecule has 1 aliphatic carbocycles. The average Bonchev–Trinajstić information content (AvgIpc) is 2.89. The molecule has 1 saturated heterocycles. The number of thioether (sulfide) groups is 1. The topological polar surface area (TPSA) is 36.5 Å². The van der Waals surface area contributed by atoms with Crippen molar-refractivity contribution in [3.63, 3.8) is 0 Å². The van der Waals surface area contributed by atoms with E-state index in [-0.39, 0.29) is 0 Å². The summed E-state index contributed by atoms with van der Waals surface area (Å²) in [6.45, 7) is 6.94. The second-order valence-corrected chi connectivity index (χ2v) is 7.89. The van der Waals surface area contributed by atoms with Gasteiger partial charge in [-0.25, -0.2) is 0 Å². The molecule has 1 aromatic rings. The molecule has 2 heterocycles. The lowest BCUT2D eigenvalue weighted by Gasteiger charge is -2.26. The van der Waals surface area contributed by atoms with Crippen molar-refractivity contribution in [2.75, 3.05) is 44.7 Å². The predicted molar refractivity (Wildman–Crippen MR) is 105 cm³/mol. The smallest absolute Gasteiger partial charge is 0.0594 e. The number of nitrogens with one attached hydrogen (secondary N) is 2.